The second-order valence-corrected chi connectivity index (χ2v) is 13.2. The first-order chi connectivity index (χ1) is 23.4. The van der Waals surface area contributed by atoms with Crippen LogP contribution < -0.4 is 144 Å². The predicted molar refractivity (Wildman–Crippen MR) is 177 cm³/mol. The summed E-state index contributed by atoms with van der Waals surface area (Å²) in [4.78, 5) is 66.8. The molecule has 17 nitrogen and oxygen atoms in total. The molecular weight excluding hydrogens is 772 g/mol. The van der Waals surface area contributed by atoms with Crippen molar-refractivity contribution < 1.29 is 180 Å². The van der Waals surface area contributed by atoms with Crippen molar-refractivity contribution in [2.24, 2.45) is 0 Å². The molecule has 0 aliphatic heterocycles. The molecule has 0 spiro atoms. The van der Waals surface area contributed by atoms with Gasteiger partial charge in [-0.1, -0.05) is 71.1 Å². The number of nitrogens with zero attached hydrogens (tertiary/aromatic N) is 2. The van der Waals surface area contributed by atoms with Crippen LogP contribution in [-0.4, -0.2) is 122 Å². The minimum Gasteiger partial charge on any atom is -0.748 e. The Morgan fingerprint density at radius 2 is 1.20 bits per heavy atom. The third kappa shape index (κ3) is 57.0. The first kappa shape index (κ1) is 69.3. The van der Waals surface area contributed by atoms with E-state index in [4.69, 9.17) is 5.11 Å². The first-order valence-electron chi connectivity index (χ1n) is 17.0. The Morgan fingerprint density at radius 1 is 0.722 bits per heavy atom. The van der Waals surface area contributed by atoms with Crippen LogP contribution in [0.15, 0.2) is 0 Å². The molecule has 0 aliphatic rings. The summed E-state index contributed by atoms with van der Waals surface area (Å²) in [6.45, 7) is 5.51. The van der Waals surface area contributed by atoms with Gasteiger partial charge in [-0.15, -0.1) is 0 Å². The molecule has 0 saturated heterocycles. The van der Waals surface area contributed by atoms with Gasteiger partial charge in [0.1, 0.15) is 0 Å². The maximum Gasteiger partial charge on any atom is 1.00 e. The molecule has 0 fully saturated rings. The van der Waals surface area contributed by atoms with E-state index in [9.17, 15) is 57.1 Å². The maximum absolute atomic E-state index is 11.7. The monoisotopic (exact) mass is 830 g/mol. The number of carbonyl (C=O) groups is 6. The topological polar surface area (TPSA) is 280 Å². The van der Waals surface area contributed by atoms with Crippen LogP contribution in [0.3, 0.4) is 0 Å². The summed E-state index contributed by atoms with van der Waals surface area (Å²) in [5.74, 6) is -5.32. The van der Waals surface area contributed by atoms with E-state index in [0.29, 0.717) is 19.5 Å². The van der Waals surface area contributed by atoms with Crippen molar-refractivity contribution in [2.45, 2.75) is 117 Å². The Balaban J connectivity index is -0.000000130. The van der Waals surface area contributed by atoms with Gasteiger partial charge in [0.25, 0.3) is 0 Å². The Hall–Kier alpha value is 0.650. The van der Waals surface area contributed by atoms with E-state index >= 15 is 0 Å². The Kier molecular flexibility index (Phi) is 59.5. The summed E-state index contributed by atoms with van der Waals surface area (Å²) in [6, 6.07) is -1.27. The average Bonchev–Trinajstić information content (AvgIpc) is 3.00. The quantitative estimate of drug-likeness (QED) is 0.0394. The van der Waals surface area contributed by atoms with Crippen molar-refractivity contribution in [1.29, 1.82) is 0 Å². The normalized spacial score (nSPS) is 10.4. The van der Waals surface area contributed by atoms with Crippen molar-refractivity contribution in [3.05, 3.63) is 0 Å². The summed E-state index contributed by atoms with van der Waals surface area (Å²) in [5, 5.41) is 45.0. The number of carbonyl (C=O) groups excluding carboxylic acids is 6. The fourth-order valence-electron chi connectivity index (χ4n) is 4.12. The number of aliphatic carboxylic acids is 3. The van der Waals surface area contributed by atoms with Gasteiger partial charge in [0, 0.05) is 66.0 Å². The van der Waals surface area contributed by atoms with E-state index in [1.54, 1.807) is 0 Å². The molecule has 294 valence electrons. The SMILES string of the molecule is CC(=O)N(C)CCS(=O)(=O)[O-].CC(=O)NCCN(CCO)CC(=O)[O-].CCCCCCCCCCCCCC(=O)NC(CCC(=O)[O-])C(=O)[O-].[Na+].[Na+].[Na+].[Na+]. The number of rotatable bonds is 27. The fraction of sp³-hybridized carbons (Fsp3) is 0.812. The molecule has 0 bridgehead atoms. The van der Waals surface area contributed by atoms with Crippen LogP contribution in [0, 0.1) is 0 Å². The zero-order valence-electron chi connectivity index (χ0n) is 34.1. The molecular formula is C32H58N4Na4O13S. The molecule has 22 heteroatoms. The first-order valence-corrected chi connectivity index (χ1v) is 18.6. The van der Waals surface area contributed by atoms with Crippen LogP contribution in [0.25, 0.3) is 0 Å². The molecule has 0 aromatic carbocycles. The van der Waals surface area contributed by atoms with E-state index in [1.165, 1.54) is 82.1 Å². The molecule has 0 aromatic heterocycles. The summed E-state index contributed by atoms with van der Waals surface area (Å²) < 4.78 is 30.2. The van der Waals surface area contributed by atoms with Gasteiger partial charge in [0.05, 0.1) is 40.5 Å². The fourth-order valence-corrected chi connectivity index (χ4v) is 4.62. The number of amides is 3. The number of nitrogens with one attached hydrogen (secondary N) is 2. The third-order valence-electron chi connectivity index (χ3n) is 7.05. The molecule has 0 heterocycles. The molecule has 0 radical (unpaired) electrons. The van der Waals surface area contributed by atoms with Gasteiger partial charge in [0.2, 0.25) is 17.7 Å². The molecule has 3 amide bonds. The molecule has 0 rings (SSSR count). The van der Waals surface area contributed by atoms with Crippen LogP contribution in [0.5, 0.6) is 0 Å². The minimum absolute atomic E-state index is 0. The molecule has 0 saturated carbocycles. The number of carboxylic acids is 3. The van der Waals surface area contributed by atoms with Gasteiger partial charge < -0.3 is 54.9 Å². The molecule has 0 aromatic rings. The summed E-state index contributed by atoms with van der Waals surface area (Å²) >= 11 is 0. The smallest absolute Gasteiger partial charge is 0.748 e. The van der Waals surface area contributed by atoms with Crippen molar-refractivity contribution in [3.8, 4) is 0 Å². The number of aliphatic hydroxyl groups is 1. The number of hydrogen-bond acceptors (Lipinski definition) is 14. The van der Waals surface area contributed by atoms with Crippen molar-refractivity contribution in [1.82, 2.24) is 20.4 Å². The number of carboxylic acid groups (broad SMARTS) is 3. The zero-order chi connectivity index (χ0) is 39.0. The van der Waals surface area contributed by atoms with Crippen LogP contribution in [0.1, 0.15) is 111 Å². The van der Waals surface area contributed by atoms with Gasteiger partial charge >= 0.3 is 118 Å². The van der Waals surface area contributed by atoms with E-state index in [1.807, 2.05) is 0 Å². The summed E-state index contributed by atoms with van der Waals surface area (Å²) in [7, 11) is -2.76. The maximum atomic E-state index is 11.7. The van der Waals surface area contributed by atoms with E-state index in [0.717, 1.165) is 12.8 Å². The van der Waals surface area contributed by atoms with Crippen LogP contribution in [0.4, 0.5) is 0 Å². The van der Waals surface area contributed by atoms with Crippen LogP contribution in [0.2, 0.25) is 0 Å². The van der Waals surface area contributed by atoms with Gasteiger partial charge in [-0.25, -0.2) is 8.42 Å². The minimum atomic E-state index is -4.20. The van der Waals surface area contributed by atoms with Gasteiger partial charge in [0.15, 0.2) is 0 Å². The Labute approximate surface area is 410 Å². The van der Waals surface area contributed by atoms with Gasteiger partial charge in [-0.05, 0) is 19.3 Å². The van der Waals surface area contributed by atoms with Crippen molar-refractivity contribution >= 4 is 45.7 Å². The molecule has 54 heavy (non-hydrogen) atoms. The number of unbranched alkanes of at least 4 members (excludes halogenated alkanes) is 10. The zero-order valence-corrected chi connectivity index (χ0v) is 42.9. The largest absolute Gasteiger partial charge is 1.00 e. The second-order valence-electron chi connectivity index (χ2n) is 11.7. The second kappa shape index (κ2) is 46.3. The van der Waals surface area contributed by atoms with E-state index in [2.05, 4.69) is 17.6 Å². The van der Waals surface area contributed by atoms with Gasteiger partial charge in [-0.3, -0.25) is 19.3 Å². The molecule has 3 N–H and O–H groups in total. The third-order valence-corrected chi connectivity index (χ3v) is 7.73. The van der Waals surface area contributed by atoms with E-state index < -0.39 is 46.2 Å². The van der Waals surface area contributed by atoms with Gasteiger partial charge in [-0.2, -0.15) is 0 Å². The van der Waals surface area contributed by atoms with E-state index in [-0.39, 0.29) is 175 Å². The predicted octanol–water partition coefficient (Wildman–Crippen LogP) is -14.4. The average molecular weight is 831 g/mol. The molecule has 1 atom stereocenters. The molecule has 1 unspecified atom stereocenters. The Bertz CT molecular complexity index is 1090. The van der Waals surface area contributed by atoms with Crippen LogP contribution >= 0.6 is 0 Å². The van der Waals surface area contributed by atoms with Crippen molar-refractivity contribution in [3.63, 3.8) is 0 Å². The Morgan fingerprint density at radius 3 is 1.57 bits per heavy atom. The van der Waals surface area contributed by atoms with Crippen molar-refractivity contribution in [2.75, 3.05) is 52.1 Å². The molecule has 0 aliphatic carbocycles. The summed E-state index contributed by atoms with van der Waals surface area (Å²) in [5.41, 5.74) is 0. The standard InChI is InChI=1S/C19H35NO5.C8H16N2O4.C5H11NO4S.4Na/c1-2-3-4-5-6-7-8-9-10-11-12-13-17(21)20-16(19(24)25)14-15-18(22)23;1-7(12)9-2-3-10(4-5-11)6-8(13)14;1-5(7)6(2)3-4-11(8,9)10;;;;/h16H,2-15H2,1H3,(H,20,21)(H,22,23)(H,24,25);11H,2-6H2,1H3,(H,9,12)(H,13,14);3-4H2,1-2H3,(H,8,9,10);;;;/q;;;4*+1/p-4. The number of aliphatic hydroxyl groups excluding tert-OH is 1. The van der Waals surface area contributed by atoms with Crippen LogP contribution in [-0.2, 0) is 38.9 Å². The number of hydrogen-bond donors (Lipinski definition) is 3. The summed E-state index contributed by atoms with van der Waals surface area (Å²) in [6.07, 6.45) is 12.6.